The highest BCUT2D eigenvalue weighted by Crippen LogP contribution is 2.26. The molecule has 6 nitrogen and oxygen atoms in total. The van der Waals surface area contributed by atoms with E-state index in [-0.39, 0.29) is 17.4 Å². The average molecular weight is 465 g/mol. The lowest BCUT2D eigenvalue weighted by molar-refractivity contribution is -0.118. The minimum atomic E-state index is -3.66. The van der Waals surface area contributed by atoms with Crippen LogP contribution in [-0.4, -0.2) is 28.0 Å². The van der Waals surface area contributed by atoms with E-state index in [1.54, 1.807) is 60.7 Å². The maximum absolute atomic E-state index is 12.7. The number of carbonyl (C=O) groups is 1. The molecule has 0 bridgehead atoms. The van der Waals surface area contributed by atoms with Crippen molar-refractivity contribution in [2.24, 2.45) is 0 Å². The Kier molecular flexibility index (Phi) is 6.87. The SMILES string of the molecule is CN(c1ccc(OCC(=O)Nc2ccc(Cl)c(Cl)c2)cc1)S(=O)(=O)c1ccccc1. The van der Waals surface area contributed by atoms with Gasteiger partial charge in [-0.2, -0.15) is 0 Å². The quantitative estimate of drug-likeness (QED) is 0.542. The third-order valence-corrected chi connectivity index (χ3v) is 6.71. The average Bonchev–Trinajstić information content (AvgIpc) is 2.75. The van der Waals surface area contributed by atoms with Gasteiger partial charge in [0.25, 0.3) is 15.9 Å². The predicted molar refractivity (Wildman–Crippen MR) is 119 cm³/mol. The van der Waals surface area contributed by atoms with Crippen molar-refractivity contribution in [2.75, 3.05) is 23.3 Å². The van der Waals surface area contributed by atoms with E-state index in [1.807, 2.05) is 0 Å². The van der Waals surface area contributed by atoms with Gasteiger partial charge in [-0.1, -0.05) is 41.4 Å². The second-order valence-electron chi connectivity index (χ2n) is 6.25. The molecule has 156 valence electrons. The smallest absolute Gasteiger partial charge is 0.264 e. The highest BCUT2D eigenvalue weighted by Gasteiger charge is 2.20. The van der Waals surface area contributed by atoms with Gasteiger partial charge in [0.05, 0.1) is 20.6 Å². The minimum Gasteiger partial charge on any atom is -0.484 e. The van der Waals surface area contributed by atoms with E-state index >= 15 is 0 Å². The van der Waals surface area contributed by atoms with E-state index < -0.39 is 10.0 Å². The topological polar surface area (TPSA) is 75.7 Å². The van der Waals surface area contributed by atoms with Gasteiger partial charge in [-0.15, -0.1) is 0 Å². The Morgan fingerprint density at radius 1 is 0.967 bits per heavy atom. The van der Waals surface area contributed by atoms with E-state index in [0.717, 1.165) is 0 Å². The van der Waals surface area contributed by atoms with Crippen LogP contribution >= 0.6 is 23.2 Å². The number of hydrogen-bond acceptors (Lipinski definition) is 4. The molecule has 0 saturated carbocycles. The fourth-order valence-electron chi connectivity index (χ4n) is 2.56. The molecular formula is C21H18Cl2N2O4S. The summed E-state index contributed by atoms with van der Waals surface area (Å²) in [5, 5.41) is 3.38. The Morgan fingerprint density at radius 3 is 2.27 bits per heavy atom. The van der Waals surface area contributed by atoms with Crippen LogP contribution in [-0.2, 0) is 14.8 Å². The largest absolute Gasteiger partial charge is 0.484 e. The van der Waals surface area contributed by atoms with Crippen LogP contribution in [0.1, 0.15) is 0 Å². The second kappa shape index (κ2) is 9.38. The summed E-state index contributed by atoms with van der Waals surface area (Å²) in [5.74, 6) is 0.0507. The highest BCUT2D eigenvalue weighted by molar-refractivity contribution is 7.92. The van der Waals surface area contributed by atoms with Crippen LogP contribution in [0.25, 0.3) is 0 Å². The first-order chi connectivity index (χ1) is 14.3. The molecule has 0 heterocycles. The van der Waals surface area contributed by atoms with Crippen LogP contribution in [0, 0.1) is 0 Å². The van der Waals surface area contributed by atoms with E-state index in [2.05, 4.69) is 5.32 Å². The summed E-state index contributed by atoms with van der Waals surface area (Å²) in [6.45, 7) is -0.224. The number of rotatable bonds is 7. The number of carbonyl (C=O) groups excluding carboxylic acids is 1. The zero-order valence-electron chi connectivity index (χ0n) is 15.9. The molecule has 1 N–H and O–H groups in total. The van der Waals surface area contributed by atoms with Crippen molar-refractivity contribution < 1.29 is 17.9 Å². The highest BCUT2D eigenvalue weighted by atomic mass is 35.5. The molecule has 0 spiro atoms. The summed E-state index contributed by atoms with van der Waals surface area (Å²) in [6, 6.07) is 19.3. The summed E-state index contributed by atoms with van der Waals surface area (Å²) in [5.41, 5.74) is 0.965. The van der Waals surface area contributed by atoms with Crippen molar-refractivity contribution in [1.29, 1.82) is 0 Å². The van der Waals surface area contributed by atoms with Gasteiger partial charge in [-0.05, 0) is 54.6 Å². The molecule has 0 aliphatic carbocycles. The lowest BCUT2D eigenvalue weighted by Crippen LogP contribution is -2.26. The first-order valence-corrected chi connectivity index (χ1v) is 11.0. The van der Waals surface area contributed by atoms with Crippen LogP contribution in [0.3, 0.4) is 0 Å². The lowest BCUT2D eigenvalue weighted by Gasteiger charge is -2.19. The first kappa shape index (κ1) is 22.0. The minimum absolute atomic E-state index is 0.201. The molecule has 0 atom stereocenters. The van der Waals surface area contributed by atoms with E-state index in [1.165, 1.54) is 23.5 Å². The third kappa shape index (κ3) is 5.24. The number of nitrogens with zero attached hydrogens (tertiary/aromatic N) is 1. The zero-order chi connectivity index (χ0) is 21.7. The molecule has 0 radical (unpaired) electrons. The molecule has 30 heavy (non-hydrogen) atoms. The normalized spacial score (nSPS) is 11.0. The monoisotopic (exact) mass is 464 g/mol. The van der Waals surface area contributed by atoms with Crippen molar-refractivity contribution in [3.63, 3.8) is 0 Å². The van der Waals surface area contributed by atoms with Crippen LogP contribution in [0.15, 0.2) is 77.7 Å². The summed E-state index contributed by atoms with van der Waals surface area (Å²) in [7, 11) is -2.19. The standard InChI is InChI=1S/C21H18Cl2N2O4S/c1-25(30(27,28)18-5-3-2-4-6-18)16-8-10-17(11-9-16)29-14-21(26)24-15-7-12-19(22)20(23)13-15/h2-13H,14H2,1H3,(H,24,26). The molecule has 1 amide bonds. The first-order valence-electron chi connectivity index (χ1n) is 8.79. The Bertz CT molecular complexity index is 1140. The third-order valence-electron chi connectivity index (χ3n) is 4.18. The number of benzene rings is 3. The van der Waals surface area contributed by atoms with Crippen molar-refractivity contribution in [1.82, 2.24) is 0 Å². The van der Waals surface area contributed by atoms with Gasteiger partial charge in [0.1, 0.15) is 5.75 Å². The van der Waals surface area contributed by atoms with Gasteiger partial charge in [-0.3, -0.25) is 9.10 Å². The summed E-state index contributed by atoms with van der Waals surface area (Å²) in [4.78, 5) is 12.2. The molecule has 0 fully saturated rings. The molecule has 0 unspecified atom stereocenters. The van der Waals surface area contributed by atoms with Crippen molar-refractivity contribution in [2.45, 2.75) is 4.90 Å². The van der Waals surface area contributed by atoms with E-state index in [0.29, 0.717) is 27.2 Å². The molecule has 0 saturated heterocycles. The van der Waals surface area contributed by atoms with Crippen molar-refractivity contribution in [3.8, 4) is 5.75 Å². The van der Waals surface area contributed by atoms with Crippen LogP contribution < -0.4 is 14.4 Å². The van der Waals surface area contributed by atoms with Gasteiger partial charge >= 0.3 is 0 Å². The van der Waals surface area contributed by atoms with Crippen LogP contribution in [0.5, 0.6) is 5.75 Å². The molecule has 9 heteroatoms. The number of anilines is 2. The maximum atomic E-state index is 12.7. The van der Waals surface area contributed by atoms with Crippen molar-refractivity contribution in [3.05, 3.63) is 82.8 Å². The summed E-state index contributed by atoms with van der Waals surface area (Å²) < 4.78 is 32.0. The molecule has 3 aromatic carbocycles. The van der Waals surface area contributed by atoms with Gasteiger partial charge in [0, 0.05) is 12.7 Å². The van der Waals surface area contributed by atoms with E-state index in [4.69, 9.17) is 27.9 Å². The summed E-state index contributed by atoms with van der Waals surface area (Å²) >= 11 is 11.8. The molecule has 0 aliphatic rings. The number of sulfonamides is 1. The van der Waals surface area contributed by atoms with Gasteiger partial charge < -0.3 is 10.1 Å². The van der Waals surface area contributed by atoms with Crippen LogP contribution in [0.2, 0.25) is 10.0 Å². The van der Waals surface area contributed by atoms with Crippen molar-refractivity contribution >= 4 is 50.5 Å². The Balaban J connectivity index is 1.60. The number of ether oxygens (including phenoxy) is 1. The molecule has 3 rings (SSSR count). The van der Waals surface area contributed by atoms with Crippen LogP contribution in [0.4, 0.5) is 11.4 Å². The number of amides is 1. The van der Waals surface area contributed by atoms with Gasteiger partial charge in [0.2, 0.25) is 0 Å². The van der Waals surface area contributed by atoms with E-state index in [9.17, 15) is 13.2 Å². The van der Waals surface area contributed by atoms with Gasteiger partial charge in [-0.25, -0.2) is 8.42 Å². The Labute approximate surface area is 185 Å². The second-order valence-corrected chi connectivity index (χ2v) is 9.03. The Morgan fingerprint density at radius 2 is 1.63 bits per heavy atom. The molecule has 0 aromatic heterocycles. The number of hydrogen-bond donors (Lipinski definition) is 1. The molecular weight excluding hydrogens is 447 g/mol. The number of halogens is 2. The predicted octanol–water partition coefficient (Wildman–Crippen LogP) is 4.84. The lowest BCUT2D eigenvalue weighted by atomic mass is 10.3. The molecule has 0 aliphatic heterocycles. The zero-order valence-corrected chi connectivity index (χ0v) is 18.2. The maximum Gasteiger partial charge on any atom is 0.264 e. The summed E-state index contributed by atoms with van der Waals surface area (Å²) in [6.07, 6.45) is 0. The fourth-order valence-corrected chi connectivity index (χ4v) is 4.08. The molecule has 3 aromatic rings. The van der Waals surface area contributed by atoms with Gasteiger partial charge in [0.15, 0.2) is 6.61 Å². The Hall–Kier alpha value is -2.74. The number of nitrogens with one attached hydrogen (secondary N) is 1. The fraction of sp³-hybridized carbons (Fsp3) is 0.0952.